The number of hydrogen-bond acceptors (Lipinski definition) is 5. The van der Waals surface area contributed by atoms with Crippen LogP contribution in [0.2, 0.25) is 0 Å². The van der Waals surface area contributed by atoms with Crippen molar-refractivity contribution < 1.29 is 9.66 Å². The number of methoxy groups -OCH3 is 1. The van der Waals surface area contributed by atoms with E-state index >= 15 is 0 Å². The van der Waals surface area contributed by atoms with Crippen LogP contribution in [0.3, 0.4) is 0 Å². The first-order valence-corrected chi connectivity index (χ1v) is 6.23. The molecule has 5 nitrogen and oxygen atoms in total. The van der Waals surface area contributed by atoms with Gasteiger partial charge < -0.3 is 4.74 Å². The number of ether oxygens (including phenoxy) is 1. The highest BCUT2D eigenvalue weighted by atomic mass is 32.1. The maximum Gasteiger partial charge on any atom is 0.311 e. The number of thiazole rings is 1. The predicted molar refractivity (Wildman–Crippen MR) is 69.3 cm³/mol. The van der Waals surface area contributed by atoms with E-state index in [1.165, 1.54) is 18.4 Å². The molecule has 1 heterocycles. The van der Waals surface area contributed by atoms with E-state index in [0.717, 1.165) is 10.6 Å². The third-order valence-electron chi connectivity index (χ3n) is 2.72. The fraction of sp³-hybridized carbons (Fsp3) is 0.250. The summed E-state index contributed by atoms with van der Waals surface area (Å²) >= 11 is 1.54. The molecule has 94 valence electrons. The summed E-state index contributed by atoms with van der Waals surface area (Å²) in [6.07, 6.45) is 1.73. The molecule has 0 aliphatic heterocycles. The van der Waals surface area contributed by atoms with E-state index in [1.807, 2.05) is 18.4 Å². The second-order valence-corrected chi connectivity index (χ2v) is 4.71. The van der Waals surface area contributed by atoms with Gasteiger partial charge in [0.05, 0.1) is 17.0 Å². The Hall–Kier alpha value is -1.95. The van der Waals surface area contributed by atoms with Crippen LogP contribution < -0.4 is 4.74 Å². The Morgan fingerprint density at radius 1 is 1.50 bits per heavy atom. The number of rotatable bonds is 4. The van der Waals surface area contributed by atoms with E-state index < -0.39 is 4.92 Å². The molecule has 0 amide bonds. The topological polar surface area (TPSA) is 65.3 Å². The maximum atomic E-state index is 11.0. The molecule has 1 aromatic carbocycles. The van der Waals surface area contributed by atoms with Crippen molar-refractivity contribution in [1.82, 2.24) is 4.98 Å². The van der Waals surface area contributed by atoms with Crippen molar-refractivity contribution >= 4 is 17.0 Å². The largest absolute Gasteiger partial charge is 0.490 e. The Morgan fingerprint density at radius 3 is 2.83 bits per heavy atom. The van der Waals surface area contributed by atoms with Gasteiger partial charge in [-0.15, -0.1) is 11.3 Å². The van der Waals surface area contributed by atoms with E-state index in [0.29, 0.717) is 0 Å². The summed E-state index contributed by atoms with van der Waals surface area (Å²) in [7, 11) is 1.42. The zero-order valence-corrected chi connectivity index (χ0v) is 10.8. The quantitative estimate of drug-likeness (QED) is 0.628. The monoisotopic (exact) mass is 264 g/mol. The average Bonchev–Trinajstić information content (AvgIpc) is 2.90. The third kappa shape index (κ3) is 2.33. The van der Waals surface area contributed by atoms with Crippen LogP contribution in [0.5, 0.6) is 5.75 Å². The molecule has 0 radical (unpaired) electrons. The number of aromatic nitrogens is 1. The molecule has 1 unspecified atom stereocenters. The lowest BCUT2D eigenvalue weighted by Gasteiger charge is -2.10. The summed E-state index contributed by atoms with van der Waals surface area (Å²) in [5.41, 5.74) is 0.843. The molecular weight excluding hydrogens is 252 g/mol. The number of hydrogen-bond donors (Lipinski definition) is 0. The summed E-state index contributed by atoms with van der Waals surface area (Å²) in [6, 6.07) is 5.00. The molecule has 0 saturated carbocycles. The van der Waals surface area contributed by atoms with Crippen LogP contribution in [0, 0.1) is 10.1 Å². The normalized spacial score (nSPS) is 12.1. The van der Waals surface area contributed by atoms with Crippen molar-refractivity contribution in [3.8, 4) is 5.75 Å². The Balaban J connectivity index is 2.41. The molecule has 0 N–H and O–H groups in total. The molecule has 0 aliphatic carbocycles. The fourth-order valence-corrected chi connectivity index (χ4v) is 2.43. The first-order valence-electron chi connectivity index (χ1n) is 5.35. The summed E-state index contributed by atoms with van der Waals surface area (Å²) in [6.45, 7) is 1.98. The van der Waals surface area contributed by atoms with Gasteiger partial charge in [-0.3, -0.25) is 10.1 Å². The molecule has 0 spiro atoms. The van der Waals surface area contributed by atoms with Gasteiger partial charge in [0, 0.05) is 23.6 Å². The van der Waals surface area contributed by atoms with Gasteiger partial charge in [0.25, 0.3) is 0 Å². The number of nitro groups is 1. The van der Waals surface area contributed by atoms with Crippen LogP contribution in [0.25, 0.3) is 0 Å². The van der Waals surface area contributed by atoms with E-state index in [1.54, 1.807) is 18.3 Å². The highest BCUT2D eigenvalue weighted by Gasteiger charge is 2.19. The number of nitro benzene ring substituents is 1. The minimum Gasteiger partial charge on any atom is -0.490 e. The highest BCUT2D eigenvalue weighted by molar-refractivity contribution is 7.09. The molecule has 2 rings (SSSR count). The molecule has 0 aliphatic rings. The summed E-state index contributed by atoms with van der Waals surface area (Å²) in [5.74, 6) is 0.310. The zero-order chi connectivity index (χ0) is 13.1. The van der Waals surface area contributed by atoms with Crippen molar-refractivity contribution in [2.75, 3.05) is 7.11 Å². The molecular formula is C12H12N2O3S. The van der Waals surface area contributed by atoms with Gasteiger partial charge in [0.2, 0.25) is 0 Å². The standard InChI is InChI=1S/C12H12N2O3S/c1-8(12-13-5-6-18-12)9-3-4-11(17-2)10(7-9)14(15)16/h3-8H,1-2H3. The SMILES string of the molecule is COc1ccc(C(C)c2nccs2)cc1[N+](=O)[O-]. The van der Waals surface area contributed by atoms with Crippen LogP contribution in [-0.2, 0) is 0 Å². The third-order valence-corrected chi connectivity index (χ3v) is 3.68. The molecule has 0 saturated heterocycles. The molecule has 18 heavy (non-hydrogen) atoms. The smallest absolute Gasteiger partial charge is 0.311 e. The van der Waals surface area contributed by atoms with E-state index in [9.17, 15) is 10.1 Å². The average molecular weight is 264 g/mol. The van der Waals surface area contributed by atoms with Crippen molar-refractivity contribution in [1.29, 1.82) is 0 Å². The summed E-state index contributed by atoms with van der Waals surface area (Å²) in [4.78, 5) is 14.7. The zero-order valence-electron chi connectivity index (χ0n) is 9.99. The first-order chi connectivity index (χ1) is 8.63. The van der Waals surface area contributed by atoms with Crippen molar-refractivity contribution in [3.63, 3.8) is 0 Å². The van der Waals surface area contributed by atoms with E-state index in [-0.39, 0.29) is 17.4 Å². The predicted octanol–water partition coefficient (Wildman–Crippen LogP) is 3.21. The Bertz CT molecular complexity index is 554. The first kappa shape index (κ1) is 12.5. The van der Waals surface area contributed by atoms with Gasteiger partial charge in [0.15, 0.2) is 5.75 Å². The Morgan fingerprint density at radius 2 is 2.28 bits per heavy atom. The van der Waals surface area contributed by atoms with Gasteiger partial charge in [-0.1, -0.05) is 13.0 Å². The second-order valence-electron chi connectivity index (χ2n) is 3.78. The molecule has 2 aromatic rings. The highest BCUT2D eigenvalue weighted by Crippen LogP contribution is 2.33. The minimum absolute atomic E-state index is 0.0154. The van der Waals surface area contributed by atoms with Crippen LogP contribution in [0.15, 0.2) is 29.8 Å². The molecule has 0 bridgehead atoms. The van der Waals surface area contributed by atoms with Crippen LogP contribution in [0.1, 0.15) is 23.4 Å². The lowest BCUT2D eigenvalue weighted by Crippen LogP contribution is -1.99. The lowest BCUT2D eigenvalue weighted by molar-refractivity contribution is -0.385. The van der Waals surface area contributed by atoms with Gasteiger partial charge >= 0.3 is 5.69 Å². The van der Waals surface area contributed by atoms with Gasteiger partial charge in [-0.2, -0.15) is 0 Å². The van der Waals surface area contributed by atoms with Gasteiger partial charge in [0.1, 0.15) is 0 Å². The maximum absolute atomic E-state index is 11.0. The van der Waals surface area contributed by atoms with Crippen molar-refractivity contribution in [2.24, 2.45) is 0 Å². The van der Waals surface area contributed by atoms with E-state index in [2.05, 4.69) is 4.98 Å². The Kier molecular flexibility index (Phi) is 3.57. The van der Waals surface area contributed by atoms with Crippen LogP contribution in [0.4, 0.5) is 5.69 Å². The molecule has 1 atom stereocenters. The lowest BCUT2D eigenvalue weighted by atomic mass is 10.0. The van der Waals surface area contributed by atoms with Crippen molar-refractivity contribution in [3.05, 3.63) is 50.5 Å². The number of benzene rings is 1. The van der Waals surface area contributed by atoms with Gasteiger partial charge in [-0.05, 0) is 11.6 Å². The summed E-state index contributed by atoms with van der Waals surface area (Å²) < 4.78 is 4.98. The molecule has 1 aromatic heterocycles. The summed E-state index contributed by atoms with van der Waals surface area (Å²) in [5, 5.41) is 13.8. The Labute approximate surface area is 108 Å². The second kappa shape index (κ2) is 5.14. The van der Waals surface area contributed by atoms with Crippen LogP contribution in [-0.4, -0.2) is 17.0 Å². The van der Waals surface area contributed by atoms with E-state index in [4.69, 9.17) is 4.74 Å². The molecule has 6 heteroatoms. The minimum atomic E-state index is -0.434. The molecule has 0 fully saturated rings. The van der Waals surface area contributed by atoms with Crippen molar-refractivity contribution in [2.45, 2.75) is 12.8 Å². The van der Waals surface area contributed by atoms with Crippen LogP contribution >= 0.6 is 11.3 Å². The number of nitrogens with zero attached hydrogens (tertiary/aromatic N) is 2. The fourth-order valence-electron chi connectivity index (χ4n) is 1.71. The van der Waals surface area contributed by atoms with Gasteiger partial charge in [-0.25, -0.2) is 4.98 Å².